The lowest BCUT2D eigenvalue weighted by atomic mass is 10.2. The molecule has 0 aliphatic rings. The van der Waals surface area contributed by atoms with Crippen LogP contribution in [0.15, 0.2) is 0 Å². The Morgan fingerprint density at radius 3 is 2.33 bits per heavy atom. The molecule has 0 aromatic heterocycles. The van der Waals surface area contributed by atoms with Crippen LogP contribution >= 0.6 is 0 Å². The summed E-state index contributed by atoms with van der Waals surface area (Å²) >= 11 is 0. The average Bonchev–Trinajstić information content (AvgIpc) is 2.14. The number of hydrogen-bond donors (Lipinski definition) is 1. The Morgan fingerprint density at radius 1 is 1.00 bits per heavy atom. The summed E-state index contributed by atoms with van der Waals surface area (Å²) in [5.41, 5.74) is -0.0219. The van der Waals surface area contributed by atoms with Gasteiger partial charge < -0.3 is 14.8 Å². The van der Waals surface area contributed by atoms with Crippen LogP contribution in [0.4, 0.5) is 0 Å². The highest BCUT2D eigenvalue weighted by atomic mass is 16.5. The highest BCUT2D eigenvalue weighted by molar-refractivity contribution is 4.59. The van der Waals surface area contributed by atoms with Gasteiger partial charge in [-0.1, -0.05) is 6.92 Å². The summed E-state index contributed by atoms with van der Waals surface area (Å²) in [5.74, 6) is 0. The van der Waals surface area contributed by atoms with Gasteiger partial charge in [0.15, 0.2) is 0 Å². The van der Waals surface area contributed by atoms with E-state index in [2.05, 4.69) is 33.0 Å². The molecular weight excluding hydrogens is 190 g/mol. The van der Waals surface area contributed by atoms with Gasteiger partial charge >= 0.3 is 0 Å². The van der Waals surface area contributed by atoms with Gasteiger partial charge in [0.2, 0.25) is 0 Å². The maximum Gasteiger partial charge on any atom is 0.0599 e. The Balaban J connectivity index is 2.99. The van der Waals surface area contributed by atoms with Crippen LogP contribution in [0.2, 0.25) is 0 Å². The zero-order valence-electron chi connectivity index (χ0n) is 10.8. The molecule has 0 spiro atoms. The van der Waals surface area contributed by atoms with Gasteiger partial charge in [0, 0.05) is 19.8 Å². The van der Waals surface area contributed by atoms with Crippen molar-refractivity contribution < 1.29 is 9.47 Å². The molecule has 0 unspecified atom stereocenters. The van der Waals surface area contributed by atoms with Gasteiger partial charge in [-0.05, 0) is 40.2 Å². The van der Waals surface area contributed by atoms with Gasteiger partial charge in [-0.15, -0.1) is 0 Å². The van der Waals surface area contributed by atoms with E-state index in [-0.39, 0.29) is 5.60 Å². The fourth-order valence-electron chi connectivity index (χ4n) is 1.10. The van der Waals surface area contributed by atoms with E-state index in [1.54, 1.807) is 0 Å². The standard InChI is InChI=1S/C12H27NO2/c1-5-9-14-10-6-7-13-8-11-15-12(2,3)4/h13H,5-11H2,1-4H3. The summed E-state index contributed by atoms with van der Waals surface area (Å²) in [6, 6.07) is 0. The van der Waals surface area contributed by atoms with Crippen LogP contribution in [0, 0.1) is 0 Å². The van der Waals surface area contributed by atoms with Gasteiger partial charge in [-0.2, -0.15) is 0 Å². The van der Waals surface area contributed by atoms with Gasteiger partial charge in [0.25, 0.3) is 0 Å². The first kappa shape index (κ1) is 14.9. The fraction of sp³-hybridized carbons (Fsp3) is 1.00. The first-order valence-electron chi connectivity index (χ1n) is 5.98. The van der Waals surface area contributed by atoms with Crippen LogP contribution in [0.3, 0.4) is 0 Å². The van der Waals surface area contributed by atoms with Crippen molar-refractivity contribution in [3.63, 3.8) is 0 Å². The summed E-state index contributed by atoms with van der Waals surface area (Å²) in [6.45, 7) is 12.8. The van der Waals surface area contributed by atoms with Gasteiger partial charge in [-0.25, -0.2) is 0 Å². The molecule has 0 amide bonds. The third kappa shape index (κ3) is 13.9. The Hall–Kier alpha value is -0.120. The highest BCUT2D eigenvalue weighted by Crippen LogP contribution is 2.04. The van der Waals surface area contributed by atoms with E-state index in [9.17, 15) is 0 Å². The van der Waals surface area contributed by atoms with Crippen molar-refractivity contribution in [2.24, 2.45) is 0 Å². The monoisotopic (exact) mass is 217 g/mol. The second-order valence-electron chi connectivity index (χ2n) is 4.68. The second kappa shape index (κ2) is 9.13. The number of rotatable bonds is 9. The Kier molecular flexibility index (Phi) is 9.06. The minimum Gasteiger partial charge on any atom is -0.381 e. The molecule has 3 heteroatoms. The Labute approximate surface area is 94.5 Å². The molecule has 3 nitrogen and oxygen atoms in total. The number of nitrogens with one attached hydrogen (secondary N) is 1. The minimum absolute atomic E-state index is 0.0219. The molecule has 0 fully saturated rings. The summed E-state index contributed by atoms with van der Waals surface area (Å²) in [7, 11) is 0. The average molecular weight is 217 g/mol. The summed E-state index contributed by atoms with van der Waals surface area (Å²) in [5, 5.41) is 3.33. The molecule has 1 N–H and O–H groups in total. The van der Waals surface area contributed by atoms with Crippen LogP contribution in [-0.2, 0) is 9.47 Å². The van der Waals surface area contributed by atoms with Crippen LogP contribution in [0.1, 0.15) is 40.5 Å². The molecule has 0 aliphatic heterocycles. The Bertz CT molecular complexity index is 132. The molecule has 0 saturated carbocycles. The van der Waals surface area contributed by atoms with Crippen molar-refractivity contribution in [2.45, 2.75) is 46.1 Å². The molecule has 92 valence electrons. The van der Waals surface area contributed by atoms with E-state index in [1.165, 1.54) is 0 Å². The first-order valence-corrected chi connectivity index (χ1v) is 5.98. The van der Waals surface area contributed by atoms with E-state index >= 15 is 0 Å². The lowest BCUT2D eigenvalue weighted by Crippen LogP contribution is -2.27. The van der Waals surface area contributed by atoms with E-state index in [0.29, 0.717) is 0 Å². The lowest BCUT2D eigenvalue weighted by Gasteiger charge is -2.19. The molecule has 15 heavy (non-hydrogen) atoms. The van der Waals surface area contributed by atoms with E-state index in [0.717, 1.165) is 45.8 Å². The topological polar surface area (TPSA) is 30.5 Å². The Morgan fingerprint density at radius 2 is 1.73 bits per heavy atom. The normalized spacial score (nSPS) is 12.0. The molecule has 0 bridgehead atoms. The molecule has 0 radical (unpaired) electrons. The largest absolute Gasteiger partial charge is 0.381 e. The van der Waals surface area contributed by atoms with Crippen LogP contribution in [-0.4, -0.2) is 38.5 Å². The predicted octanol–water partition coefficient (Wildman–Crippen LogP) is 2.21. The minimum atomic E-state index is -0.0219. The van der Waals surface area contributed by atoms with Crippen LogP contribution < -0.4 is 5.32 Å². The van der Waals surface area contributed by atoms with Gasteiger partial charge in [0.05, 0.1) is 12.2 Å². The summed E-state index contributed by atoms with van der Waals surface area (Å²) in [4.78, 5) is 0. The molecule has 0 aromatic rings. The van der Waals surface area contributed by atoms with Crippen molar-refractivity contribution in [3.05, 3.63) is 0 Å². The number of ether oxygens (including phenoxy) is 2. The van der Waals surface area contributed by atoms with Crippen molar-refractivity contribution >= 4 is 0 Å². The van der Waals surface area contributed by atoms with Crippen LogP contribution in [0.5, 0.6) is 0 Å². The van der Waals surface area contributed by atoms with E-state index in [4.69, 9.17) is 9.47 Å². The predicted molar refractivity (Wildman–Crippen MR) is 64.3 cm³/mol. The molecule has 0 saturated heterocycles. The maximum atomic E-state index is 5.58. The fourth-order valence-corrected chi connectivity index (χ4v) is 1.10. The summed E-state index contributed by atoms with van der Waals surface area (Å²) in [6.07, 6.45) is 2.18. The first-order chi connectivity index (χ1) is 7.06. The SMILES string of the molecule is CCCOCCCNCCOC(C)(C)C. The zero-order chi connectivity index (χ0) is 11.6. The zero-order valence-corrected chi connectivity index (χ0v) is 10.8. The maximum absolute atomic E-state index is 5.58. The van der Waals surface area contributed by atoms with Crippen molar-refractivity contribution in [1.29, 1.82) is 0 Å². The van der Waals surface area contributed by atoms with Crippen molar-refractivity contribution in [2.75, 3.05) is 32.9 Å². The lowest BCUT2D eigenvalue weighted by molar-refractivity contribution is -0.000914. The molecule has 0 heterocycles. The molecular formula is C12H27NO2. The van der Waals surface area contributed by atoms with Gasteiger partial charge in [-0.3, -0.25) is 0 Å². The second-order valence-corrected chi connectivity index (χ2v) is 4.68. The molecule has 0 rings (SSSR count). The molecule has 0 aromatic carbocycles. The van der Waals surface area contributed by atoms with Gasteiger partial charge in [0.1, 0.15) is 0 Å². The number of hydrogen-bond acceptors (Lipinski definition) is 3. The quantitative estimate of drug-likeness (QED) is 0.601. The molecule has 0 aliphatic carbocycles. The van der Waals surface area contributed by atoms with Crippen LogP contribution in [0.25, 0.3) is 0 Å². The third-order valence-corrected chi connectivity index (χ3v) is 1.80. The molecule has 0 atom stereocenters. The summed E-state index contributed by atoms with van der Waals surface area (Å²) < 4.78 is 11.0. The smallest absolute Gasteiger partial charge is 0.0599 e. The highest BCUT2D eigenvalue weighted by Gasteiger charge is 2.08. The van der Waals surface area contributed by atoms with Crippen molar-refractivity contribution in [3.8, 4) is 0 Å². The van der Waals surface area contributed by atoms with E-state index in [1.807, 2.05) is 0 Å². The third-order valence-electron chi connectivity index (χ3n) is 1.80. The van der Waals surface area contributed by atoms with E-state index < -0.39 is 0 Å². The van der Waals surface area contributed by atoms with Crippen molar-refractivity contribution in [1.82, 2.24) is 5.32 Å².